The van der Waals surface area contributed by atoms with E-state index in [2.05, 4.69) is 5.32 Å². The zero-order chi connectivity index (χ0) is 9.47. The van der Waals surface area contributed by atoms with Gasteiger partial charge in [0.1, 0.15) is 5.37 Å². The third-order valence-electron chi connectivity index (χ3n) is 2.26. The molecule has 0 saturated carbocycles. The minimum atomic E-state index is -2.98. The second-order valence-corrected chi connectivity index (χ2v) is 5.55. The molecule has 13 heavy (non-hydrogen) atoms. The average molecular weight is 197 g/mol. The fourth-order valence-corrected chi connectivity index (χ4v) is 2.35. The van der Waals surface area contributed by atoms with Crippen LogP contribution in [-0.4, -0.2) is 20.0 Å². The van der Waals surface area contributed by atoms with Gasteiger partial charge in [0.15, 0.2) is 9.84 Å². The Balaban J connectivity index is 2.33. The van der Waals surface area contributed by atoms with Gasteiger partial charge in [0.05, 0.1) is 0 Å². The number of sulfone groups is 1. The molecule has 0 bridgehead atoms. The molecule has 1 unspecified atom stereocenters. The molecule has 1 atom stereocenters. The predicted octanol–water partition coefficient (Wildman–Crippen LogP) is 1.03. The van der Waals surface area contributed by atoms with Crippen LogP contribution in [0.3, 0.4) is 0 Å². The Bertz CT molecular complexity index is 400. The number of hydrogen-bond acceptors (Lipinski definition) is 3. The summed E-state index contributed by atoms with van der Waals surface area (Å²) in [6, 6.07) is 7.68. The van der Waals surface area contributed by atoms with E-state index in [1.54, 1.807) is 0 Å². The molecule has 0 saturated heterocycles. The lowest BCUT2D eigenvalue weighted by Crippen LogP contribution is -2.25. The molecule has 1 aromatic rings. The summed E-state index contributed by atoms with van der Waals surface area (Å²) in [6.45, 7) is 0. The lowest BCUT2D eigenvalue weighted by molar-refractivity contribution is 0.592. The molecule has 0 amide bonds. The normalized spacial score (nSPS) is 20.8. The quantitative estimate of drug-likeness (QED) is 0.731. The Labute approximate surface area is 77.7 Å². The van der Waals surface area contributed by atoms with Gasteiger partial charge in [-0.15, -0.1) is 0 Å². The van der Waals surface area contributed by atoms with Crippen molar-refractivity contribution in [2.24, 2.45) is 0 Å². The molecule has 0 radical (unpaired) electrons. The van der Waals surface area contributed by atoms with Gasteiger partial charge in [-0.05, 0) is 11.6 Å². The van der Waals surface area contributed by atoms with Crippen molar-refractivity contribution < 1.29 is 8.42 Å². The minimum Gasteiger partial charge on any atom is -0.369 e. The number of hydrogen-bond donors (Lipinski definition) is 1. The van der Waals surface area contributed by atoms with Crippen molar-refractivity contribution in [1.29, 1.82) is 0 Å². The monoisotopic (exact) mass is 197 g/mol. The molecule has 1 aliphatic rings. The van der Waals surface area contributed by atoms with Crippen LogP contribution in [0.5, 0.6) is 0 Å². The number of fused-ring (bicyclic) bond motifs is 1. The van der Waals surface area contributed by atoms with Crippen LogP contribution < -0.4 is 5.32 Å². The molecule has 4 heteroatoms. The summed E-state index contributed by atoms with van der Waals surface area (Å²) in [5.41, 5.74) is 2.02. The van der Waals surface area contributed by atoms with Crippen LogP contribution in [0.1, 0.15) is 5.56 Å². The third-order valence-corrected chi connectivity index (χ3v) is 3.57. The van der Waals surface area contributed by atoms with Crippen LogP contribution in [0, 0.1) is 0 Å². The van der Waals surface area contributed by atoms with Crippen molar-refractivity contribution in [2.45, 2.75) is 11.8 Å². The second kappa shape index (κ2) is 2.73. The number of para-hydroxylation sites is 1. The largest absolute Gasteiger partial charge is 0.369 e. The van der Waals surface area contributed by atoms with Crippen molar-refractivity contribution in [1.82, 2.24) is 0 Å². The maximum absolute atomic E-state index is 11.2. The number of nitrogens with one attached hydrogen (secondary N) is 1. The predicted molar refractivity (Wildman–Crippen MR) is 52.4 cm³/mol. The van der Waals surface area contributed by atoms with Gasteiger partial charge in [-0.25, -0.2) is 8.42 Å². The van der Waals surface area contributed by atoms with Crippen molar-refractivity contribution in [3.63, 3.8) is 0 Å². The van der Waals surface area contributed by atoms with Crippen LogP contribution in [0.15, 0.2) is 24.3 Å². The summed E-state index contributed by atoms with van der Waals surface area (Å²) < 4.78 is 22.5. The van der Waals surface area contributed by atoms with Gasteiger partial charge in [-0.3, -0.25) is 0 Å². The van der Waals surface area contributed by atoms with Crippen LogP contribution in [0.25, 0.3) is 0 Å². The molecule has 70 valence electrons. The fraction of sp³-hybridized carbons (Fsp3) is 0.333. The standard InChI is InChI=1S/C9H11NO2S/c1-13(11,12)9-6-7-4-2-3-5-8(7)10-9/h2-5,9-10H,6H2,1H3. The highest BCUT2D eigenvalue weighted by Gasteiger charge is 2.27. The summed E-state index contributed by atoms with van der Waals surface area (Å²) >= 11 is 0. The summed E-state index contributed by atoms with van der Waals surface area (Å²) in [4.78, 5) is 0. The maximum atomic E-state index is 11.2. The van der Waals surface area contributed by atoms with Crippen LogP contribution in [-0.2, 0) is 16.3 Å². The highest BCUT2D eigenvalue weighted by Crippen LogP contribution is 2.26. The fourth-order valence-electron chi connectivity index (χ4n) is 1.52. The first-order valence-corrected chi connectivity index (χ1v) is 6.06. The molecule has 0 aliphatic carbocycles. The Hall–Kier alpha value is -1.03. The smallest absolute Gasteiger partial charge is 0.168 e. The summed E-state index contributed by atoms with van der Waals surface area (Å²) in [5.74, 6) is 0. The number of benzene rings is 1. The van der Waals surface area contributed by atoms with E-state index < -0.39 is 15.2 Å². The zero-order valence-electron chi connectivity index (χ0n) is 7.32. The van der Waals surface area contributed by atoms with Crippen LogP contribution in [0.4, 0.5) is 5.69 Å². The molecule has 2 rings (SSSR count). The van der Waals surface area contributed by atoms with E-state index in [9.17, 15) is 8.42 Å². The summed E-state index contributed by atoms with van der Waals surface area (Å²) in [7, 11) is -2.98. The third kappa shape index (κ3) is 1.54. The van der Waals surface area contributed by atoms with Crippen molar-refractivity contribution in [2.75, 3.05) is 11.6 Å². The van der Waals surface area contributed by atoms with E-state index in [-0.39, 0.29) is 0 Å². The maximum Gasteiger partial charge on any atom is 0.168 e. The summed E-state index contributed by atoms with van der Waals surface area (Å²) in [5, 5.41) is 2.55. The molecule has 0 spiro atoms. The first-order chi connectivity index (χ1) is 6.07. The Morgan fingerprint density at radius 1 is 1.38 bits per heavy atom. The summed E-state index contributed by atoms with van der Waals surface area (Å²) in [6.07, 6.45) is 1.84. The van der Waals surface area contributed by atoms with Gasteiger partial charge in [0, 0.05) is 18.4 Å². The number of anilines is 1. The van der Waals surface area contributed by atoms with Crippen molar-refractivity contribution in [3.8, 4) is 0 Å². The Morgan fingerprint density at radius 2 is 2.08 bits per heavy atom. The lowest BCUT2D eigenvalue weighted by atomic mass is 10.2. The van der Waals surface area contributed by atoms with Crippen LogP contribution >= 0.6 is 0 Å². The van der Waals surface area contributed by atoms with E-state index >= 15 is 0 Å². The highest BCUT2D eigenvalue weighted by molar-refractivity contribution is 7.91. The van der Waals surface area contributed by atoms with Gasteiger partial charge in [0.25, 0.3) is 0 Å². The topological polar surface area (TPSA) is 46.2 Å². The molecule has 1 heterocycles. The van der Waals surface area contributed by atoms with E-state index in [0.717, 1.165) is 11.3 Å². The molecular formula is C9H11NO2S. The Morgan fingerprint density at radius 3 is 2.69 bits per heavy atom. The first-order valence-electron chi connectivity index (χ1n) is 4.11. The first kappa shape index (κ1) is 8.56. The molecule has 3 nitrogen and oxygen atoms in total. The SMILES string of the molecule is CS(=O)(=O)C1Cc2ccccc2N1. The van der Waals surface area contributed by atoms with Gasteiger partial charge in [-0.2, -0.15) is 0 Å². The zero-order valence-corrected chi connectivity index (χ0v) is 8.14. The van der Waals surface area contributed by atoms with E-state index in [1.165, 1.54) is 6.26 Å². The van der Waals surface area contributed by atoms with E-state index in [1.807, 2.05) is 24.3 Å². The van der Waals surface area contributed by atoms with Gasteiger partial charge in [0.2, 0.25) is 0 Å². The van der Waals surface area contributed by atoms with Gasteiger partial charge >= 0.3 is 0 Å². The molecule has 0 aromatic heterocycles. The van der Waals surface area contributed by atoms with Gasteiger partial charge < -0.3 is 5.32 Å². The molecular weight excluding hydrogens is 186 g/mol. The van der Waals surface area contributed by atoms with Crippen molar-refractivity contribution >= 4 is 15.5 Å². The minimum absolute atomic E-state index is 0.440. The van der Waals surface area contributed by atoms with E-state index in [0.29, 0.717) is 6.42 Å². The van der Waals surface area contributed by atoms with Crippen molar-refractivity contribution in [3.05, 3.63) is 29.8 Å². The lowest BCUT2D eigenvalue weighted by Gasteiger charge is -2.07. The van der Waals surface area contributed by atoms with Crippen LogP contribution in [0.2, 0.25) is 0 Å². The molecule has 0 fully saturated rings. The number of rotatable bonds is 1. The average Bonchev–Trinajstić information content (AvgIpc) is 2.45. The second-order valence-electron chi connectivity index (χ2n) is 3.32. The molecule has 1 N–H and O–H groups in total. The highest BCUT2D eigenvalue weighted by atomic mass is 32.2. The molecule has 1 aromatic carbocycles. The Kier molecular flexibility index (Phi) is 1.80. The van der Waals surface area contributed by atoms with Gasteiger partial charge in [-0.1, -0.05) is 18.2 Å². The molecule has 1 aliphatic heterocycles. The van der Waals surface area contributed by atoms with E-state index in [4.69, 9.17) is 0 Å².